The van der Waals surface area contributed by atoms with E-state index in [0.29, 0.717) is 12.2 Å². The molecule has 3 nitrogen and oxygen atoms in total. The second-order valence-corrected chi connectivity index (χ2v) is 4.46. The zero-order chi connectivity index (χ0) is 14.3. The fourth-order valence-corrected chi connectivity index (χ4v) is 2.22. The van der Waals surface area contributed by atoms with Gasteiger partial charge >= 0.3 is 0 Å². The van der Waals surface area contributed by atoms with Gasteiger partial charge in [0.2, 0.25) is 6.41 Å². The van der Waals surface area contributed by atoms with Gasteiger partial charge in [0.1, 0.15) is 0 Å². The van der Waals surface area contributed by atoms with Crippen LogP contribution in [0.5, 0.6) is 0 Å². The number of nitrogen functional groups attached to an aromatic ring is 1. The summed E-state index contributed by atoms with van der Waals surface area (Å²) in [5.41, 5.74) is 8.58. The SMILES string of the molecule is C=CCC(CC=C)c1cc(N)ccc1N(C=O)CC. The van der Waals surface area contributed by atoms with Crippen molar-refractivity contribution in [2.24, 2.45) is 0 Å². The van der Waals surface area contributed by atoms with Crippen LogP contribution in [0.4, 0.5) is 11.4 Å². The summed E-state index contributed by atoms with van der Waals surface area (Å²) in [7, 11) is 0. The van der Waals surface area contributed by atoms with Crippen LogP contribution in [0.3, 0.4) is 0 Å². The van der Waals surface area contributed by atoms with Gasteiger partial charge in [-0.3, -0.25) is 4.79 Å². The van der Waals surface area contributed by atoms with Crippen molar-refractivity contribution in [3.8, 4) is 0 Å². The van der Waals surface area contributed by atoms with Gasteiger partial charge < -0.3 is 10.6 Å². The van der Waals surface area contributed by atoms with Gasteiger partial charge in [-0.2, -0.15) is 0 Å². The molecular formula is C16H22N2O. The van der Waals surface area contributed by atoms with Crippen LogP contribution in [0.25, 0.3) is 0 Å². The minimum Gasteiger partial charge on any atom is -0.399 e. The molecule has 0 aliphatic carbocycles. The standard InChI is InChI=1S/C16H22N2O/c1-4-7-13(8-5-2)15-11-14(17)9-10-16(15)18(6-3)12-19/h4-5,9-13H,1-2,6-8,17H2,3H3. The Morgan fingerprint density at radius 2 is 1.95 bits per heavy atom. The predicted octanol–water partition coefficient (Wildman–Crippen LogP) is 3.49. The van der Waals surface area contributed by atoms with Crippen molar-refractivity contribution in [1.29, 1.82) is 0 Å². The second kappa shape index (κ2) is 7.41. The Morgan fingerprint density at radius 1 is 1.32 bits per heavy atom. The lowest BCUT2D eigenvalue weighted by Crippen LogP contribution is -2.22. The highest BCUT2D eigenvalue weighted by molar-refractivity contribution is 5.78. The molecule has 3 heteroatoms. The number of nitrogens with two attached hydrogens (primary N) is 1. The van der Waals surface area contributed by atoms with Gasteiger partial charge in [-0.05, 0) is 49.4 Å². The largest absolute Gasteiger partial charge is 0.399 e. The number of carbonyl (C=O) groups is 1. The molecular weight excluding hydrogens is 236 g/mol. The molecule has 0 heterocycles. The molecule has 102 valence electrons. The summed E-state index contributed by atoms with van der Waals surface area (Å²) in [6.45, 7) is 10.2. The number of amides is 1. The molecule has 0 atom stereocenters. The highest BCUT2D eigenvalue weighted by Gasteiger charge is 2.16. The van der Waals surface area contributed by atoms with E-state index in [-0.39, 0.29) is 5.92 Å². The summed E-state index contributed by atoms with van der Waals surface area (Å²) in [5, 5.41) is 0. The summed E-state index contributed by atoms with van der Waals surface area (Å²) in [5.74, 6) is 0.252. The second-order valence-electron chi connectivity index (χ2n) is 4.46. The summed E-state index contributed by atoms with van der Waals surface area (Å²) < 4.78 is 0. The van der Waals surface area contributed by atoms with E-state index in [9.17, 15) is 4.79 Å². The molecule has 0 saturated heterocycles. The number of hydrogen-bond donors (Lipinski definition) is 1. The Kier molecular flexibility index (Phi) is 5.86. The normalized spacial score (nSPS) is 10.2. The number of hydrogen-bond acceptors (Lipinski definition) is 2. The van der Waals surface area contributed by atoms with Crippen LogP contribution in [0, 0.1) is 0 Å². The monoisotopic (exact) mass is 258 g/mol. The van der Waals surface area contributed by atoms with E-state index in [4.69, 9.17) is 5.73 Å². The molecule has 0 radical (unpaired) electrons. The van der Waals surface area contributed by atoms with Crippen LogP contribution in [0.15, 0.2) is 43.5 Å². The first-order valence-corrected chi connectivity index (χ1v) is 6.51. The first-order chi connectivity index (χ1) is 9.17. The molecule has 0 bridgehead atoms. The molecule has 0 spiro atoms. The molecule has 0 aliphatic heterocycles. The van der Waals surface area contributed by atoms with Gasteiger partial charge in [0, 0.05) is 17.9 Å². The third-order valence-electron chi connectivity index (χ3n) is 3.17. The lowest BCUT2D eigenvalue weighted by Gasteiger charge is -2.24. The van der Waals surface area contributed by atoms with Gasteiger partial charge in [0.15, 0.2) is 0 Å². The molecule has 0 unspecified atom stereocenters. The minimum absolute atomic E-state index is 0.252. The Labute approximate surface area is 115 Å². The third kappa shape index (κ3) is 3.71. The van der Waals surface area contributed by atoms with Crippen molar-refractivity contribution < 1.29 is 4.79 Å². The average Bonchev–Trinajstić information content (AvgIpc) is 2.41. The number of carbonyl (C=O) groups excluding carboxylic acids is 1. The van der Waals surface area contributed by atoms with Gasteiger partial charge in [0.05, 0.1) is 0 Å². The van der Waals surface area contributed by atoms with E-state index < -0.39 is 0 Å². The molecule has 1 aromatic carbocycles. The summed E-state index contributed by atoms with van der Waals surface area (Å²) in [6.07, 6.45) is 6.29. The van der Waals surface area contributed by atoms with Gasteiger partial charge in [0.25, 0.3) is 0 Å². The van der Waals surface area contributed by atoms with Crippen molar-refractivity contribution in [3.05, 3.63) is 49.1 Å². The number of anilines is 2. The fourth-order valence-electron chi connectivity index (χ4n) is 2.22. The number of rotatable bonds is 8. The fraction of sp³-hybridized carbons (Fsp3) is 0.312. The van der Waals surface area contributed by atoms with Crippen molar-refractivity contribution in [2.45, 2.75) is 25.7 Å². The topological polar surface area (TPSA) is 46.3 Å². The molecule has 2 N–H and O–H groups in total. The lowest BCUT2D eigenvalue weighted by atomic mass is 9.90. The Balaban J connectivity index is 3.27. The minimum atomic E-state index is 0.252. The van der Waals surface area contributed by atoms with Crippen LogP contribution >= 0.6 is 0 Å². The van der Waals surface area contributed by atoms with Crippen molar-refractivity contribution in [2.75, 3.05) is 17.2 Å². The van der Waals surface area contributed by atoms with Gasteiger partial charge in [-0.15, -0.1) is 13.2 Å². The molecule has 0 aliphatic rings. The molecule has 1 amide bonds. The highest BCUT2D eigenvalue weighted by Crippen LogP contribution is 2.34. The molecule has 0 aromatic heterocycles. The van der Waals surface area contributed by atoms with Crippen molar-refractivity contribution in [3.63, 3.8) is 0 Å². The summed E-state index contributed by atoms with van der Waals surface area (Å²) >= 11 is 0. The lowest BCUT2D eigenvalue weighted by molar-refractivity contribution is -0.107. The maximum atomic E-state index is 11.2. The van der Waals surface area contributed by atoms with Gasteiger partial charge in [-0.25, -0.2) is 0 Å². The van der Waals surface area contributed by atoms with Gasteiger partial charge in [-0.1, -0.05) is 12.2 Å². The van der Waals surface area contributed by atoms with E-state index in [1.54, 1.807) is 4.90 Å². The maximum Gasteiger partial charge on any atom is 0.214 e. The van der Waals surface area contributed by atoms with Crippen molar-refractivity contribution >= 4 is 17.8 Å². The Morgan fingerprint density at radius 3 is 2.42 bits per heavy atom. The van der Waals surface area contributed by atoms with Crippen LogP contribution < -0.4 is 10.6 Å². The highest BCUT2D eigenvalue weighted by atomic mass is 16.1. The maximum absolute atomic E-state index is 11.2. The number of allylic oxidation sites excluding steroid dienone is 2. The zero-order valence-corrected chi connectivity index (χ0v) is 11.5. The third-order valence-corrected chi connectivity index (χ3v) is 3.17. The quantitative estimate of drug-likeness (QED) is 0.441. The first-order valence-electron chi connectivity index (χ1n) is 6.51. The predicted molar refractivity (Wildman–Crippen MR) is 82.3 cm³/mol. The Hall–Kier alpha value is -2.03. The van der Waals surface area contributed by atoms with Crippen molar-refractivity contribution in [1.82, 2.24) is 0 Å². The van der Waals surface area contributed by atoms with Crippen LogP contribution in [-0.4, -0.2) is 13.0 Å². The summed E-state index contributed by atoms with van der Waals surface area (Å²) in [6, 6.07) is 5.67. The number of nitrogens with zero attached hydrogens (tertiary/aromatic N) is 1. The van der Waals surface area contributed by atoms with E-state index in [1.807, 2.05) is 37.3 Å². The van der Waals surface area contributed by atoms with Crippen LogP contribution in [-0.2, 0) is 4.79 Å². The average molecular weight is 258 g/mol. The van der Waals surface area contributed by atoms with E-state index >= 15 is 0 Å². The molecule has 1 rings (SSSR count). The molecule has 0 fully saturated rings. The van der Waals surface area contributed by atoms with Crippen LogP contribution in [0.1, 0.15) is 31.2 Å². The number of benzene rings is 1. The summed E-state index contributed by atoms with van der Waals surface area (Å²) in [4.78, 5) is 12.9. The van der Waals surface area contributed by atoms with Crippen LogP contribution in [0.2, 0.25) is 0 Å². The Bertz CT molecular complexity index is 444. The van der Waals surface area contributed by atoms with E-state index in [1.165, 1.54) is 0 Å². The van der Waals surface area contributed by atoms with E-state index in [0.717, 1.165) is 30.5 Å². The molecule has 0 saturated carbocycles. The molecule has 1 aromatic rings. The van der Waals surface area contributed by atoms with E-state index in [2.05, 4.69) is 13.2 Å². The molecule has 19 heavy (non-hydrogen) atoms. The first kappa shape index (κ1) is 15.0. The smallest absolute Gasteiger partial charge is 0.214 e. The zero-order valence-electron chi connectivity index (χ0n) is 11.5.